The highest BCUT2D eigenvalue weighted by Gasteiger charge is 2.08. The molecule has 25 heavy (non-hydrogen) atoms. The van der Waals surface area contributed by atoms with Crippen LogP contribution in [-0.4, -0.2) is 20.8 Å². The number of amides is 1. The summed E-state index contributed by atoms with van der Waals surface area (Å²) in [5.41, 5.74) is 2.07. The van der Waals surface area contributed by atoms with E-state index in [9.17, 15) is 14.9 Å². The summed E-state index contributed by atoms with van der Waals surface area (Å²) in [6, 6.07) is 15.4. The second-order valence-electron chi connectivity index (χ2n) is 5.31. The summed E-state index contributed by atoms with van der Waals surface area (Å²) in [6.07, 6.45) is 3.20. The zero-order valence-electron chi connectivity index (χ0n) is 13.1. The van der Waals surface area contributed by atoms with Crippen molar-refractivity contribution in [3.8, 4) is 11.4 Å². The maximum absolute atomic E-state index is 12.1. The normalized spacial score (nSPS) is 10.2. The minimum absolute atomic E-state index is 0.00550. The molecular weight excluding hydrogens is 320 g/mol. The number of benzene rings is 2. The van der Waals surface area contributed by atoms with Crippen molar-refractivity contribution >= 4 is 17.3 Å². The average Bonchev–Trinajstić information content (AvgIpc) is 2.63. The number of nitro groups is 1. The van der Waals surface area contributed by atoms with Crippen LogP contribution >= 0.6 is 0 Å². The monoisotopic (exact) mass is 334 g/mol. The van der Waals surface area contributed by atoms with E-state index >= 15 is 0 Å². The summed E-state index contributed by atoms with van der Waals surface area (Å²) in [6.45, 7) is 0. The molecule has 7 nitrogen and oxygen atoms in total. The number of non-ortho nitro benzene ring substituents is 1. The van der Waals surface area contributed by atoms with Crippen molar-refractivity contribution in [2.24, 2.45) is 0 Å². The Morgan fingerprint density at radius 2 is 1.64 bits per heavy atom. The quantitative estimate of drug-likeness (QED) is 0.570. The number of nitrogens with zero attached hydrogens (tertiary/aromatic N) is 3. The van der Waals surface area contributed by atoms with E-state index in [1.54, 1.807) is 24.5 Å². The lowest BCUT2D eigenvalue weighted by atomic mass is 10.1. The Balaban J connectivity index is 1.62. The van der Waals surface area contributed by atoms with Crippen LogP contribution in [0, 0.1) is 10.1 Å². The molecule has 0 atom stereocenters. The summed E-state index contributed by atoms with van der Waals surface area (Å²) < 4.78 is 0. The molecule has 0 fully saturated rings. The second kappa shape index (κ2) is 7.31. The molecule has 3 aromatic rings. The number of rotatable bonds is 5. The summed E-state index contributed by atoms with van der Waals surface area (Å²) >= 11 is 0. The van der Waals surface area contributed by atoms with Crippen LogP contribution < -0.4 is 5.32 Å². The maximum atomic E-state index is 12.1. The van der Waals surface area contributed by atoms with Crippen molar-refractivity contribution in [3.05, 3.63) is 82.7 Å². The lowest BCUT2D eigenvalue weighted by Gasteiger charge is -2.06. The largest absolute Gasteiger partial charge is 0.323 e. The van der Waals surface area contributed by atoms with Crippen LogP contribution in [0.15, 0.2) is 67.0 Å². The number of carbonyl (C=O) groups is 1. The fourth-order valence-corrected chi connectivity index (χ4v) is 2.25. The molecule has 0 aliphatic heterocycles. The molecule has 0 aliphatic carbocycles. The van der Waals surface area contributed by atoms with Crippen LogP contribution in [0.1, 0.15) is 5.56 Å². The molecule has 0 bridgehead atoms. The molecule has 0 saturated carbocycles. The van der Waals surface area contributed by atoms with Gasteiger partial charge in [0, 0.05) is 17.7 Å². The smallest absolute Gasteiger partial charge is 0.269 e. The molecule has 0 saturated heterocycles. The molecular formula is C18H14N4O3. The highest BCUT2D eigenvalue weighted by Crippen LogP contribution is 2.16. The van der Waals surface area contributed by atoms with Gasteiger partial charge in [0.25, 0.3) is 5.69 Å². The van der Waals surface area contributed by atoms with E-state index in [1.165, 1.54) is 12.1 Å². The van der Waals surface area contributed by atoms with Gasteiger partial charge in [-0.3, -0.25) is 14.9 Å². The first-order valence-electron chi connectivity index (χ1n) is 7.52. The molecule has 3 rings (SSSR count). The van der Waals surface area contributed by atoms with E-state index in [2.05, 4.69) is 15.3 Å². The first kappa shape index (κ1) is 16.3. The number of nitro benzene ring substituents is 1. The maximum Gasteiger partial charge on any atom is 0.269 e. The molecule has 0 aliphatic rings. The number of hydrogen-bond acceptors (Lipinski definition) is 5. The van der Waals surface area contributed by atoms with Crippen LogP contribution in [-0.2, 0) is 11.2 Å². The Hall–Kier alpha value is -3.61. The minimum Gasteiger partial charge on any atom is -0.323 e. The third-order valence-corrected chi connectivity index (χ3v) is 3.48. The molecule has 2 aromatic carbocycles. The Bertz CT molecular complexity index is 878. The van der Waals surface area contributed by atoms with Crippen molar-refractivity contribution in [1.82, 2.24) is 9.97 Å². The van der Waals surface area contributed by atoms with Crippen molar-refractivity contribution in [1.29, 1.82) is 0 Å². The Morgan fingerprint density at radius 1 is 1.00 bits per heavy atom. The van der Waals surface area contributed by atoms with Gasteiger partial charge in [-0.25, -0.2) is 9.97 Å². The van der Waals surface area contributed by atoms with Crippen LogP contribution in [0.3, 0.4) is 0 Å². The van der Waals surface area contributed by atoms with E-state index in [0.717, 1.165) is 5.56 Å². The predicted molar refractivity (Wildman–Crippen MR) is 92.9 cm³/mol. The molecule has 7 heteroatoms. The molecule has 1 amide bonds. The summed E-state index contributed by atoms with van der Waals surface area (Å²) in [5, 5.41) is 13.3. The van der Waals surface area contributed by atoms with Gasteiger partial charge in [0.15, 0.2) is 5.82 Å². The molecule has 1 N–H and O–H groups in total. The first-order valence-corrected chi connectivity index (χ1v) is 7.52. The zero-order valence-corrected chi connectivity index (χ0v) is 13.1. The number of nitrogens with one attached hydrogen (secondary N) is 1. The van der Waals surface area contributed by atoms with Crippen molar-refractivity contribution in [2.75, 3.05) is 5.32 Å². The van der Waals surface area contributed by atoms with Gasteiger partial charge in [-0.05, 0) is 5.56 Å². The minimum atomic E-state index is -0.477. The third-order valence-electron chi connectivity index (χ3n) is 3.48. The van der Waals surface area contributed by atoms with Crippen molar-refractivity contribution in [3.63, 3.8) is 0 Å². The summed E-state index contributed by atoms with van der Waals surface area (Å²) in [4.78, 5) is 30.7. The molecule has 1 aromatic heterocycles. The highest BCUT2D eigenvalue weighted by atomic mass is 16.6. The van der Waals surface area contributed by atoms with Crippen LogP contribution in [0.4, 0.5) is 11.4 Å². The van der Waals surface area contributed by atoms with Crippen LogP contribution in [0.2, 0.25) is 0 Å². The third kappa shape index (κ3) is 4.23. The Labute approximate surface area is 143 Å². The van der Waals surface area contributed by atoms with Gasteiger partial charge in [-0.1, -0.05) is 42.5 Å². The van der Waals surface area contributed by atoms with Gasteiger partial charge < -0.3 is 5.32 Å². The lowest BCUT2D eigenvalue weighted by Crippen LogP contribution is -2.14. The second-order valence-corrected chi connectivity index (χ2v) is 5.31. The molecule has 1 heterocycles. The first-order chi connectivity index (χ1) is 12.1. The summed E-state index contributed by atoms with van der Waals surface area (Å²) in [5.74, 6) is 0.332. The standard InChI is InChI=1S/C18H14N4O3/c23-17(10-13-6-8-16(9-7-13)22(24)25)21-15-11-19-18(20-12-15)14-4-2-1-3-5-14/h1-9,11-12H,10H2,(H,21,23). The zero-order chi connectivity index (χ0) is 17.6. The highest BCUT2D eigenvalue weighted by molar-refractivity contribution is 5.92. The molecule has 0 spiro atoms. The fraction of sp³-hybridized carbons (Fsp3) is 0.0556. The van der Waals surface area contributed by atoms with Gasteiger partial charge in [0.05, 0.1) is 29.4 Å². The van der Waals surface area contributed by atoms with Gasteiger partial charge in [-0.15, -0.1) is 0 Å². The van der Waals surface area contributed by atoms with Gasteiger partial charge >= 0.3 is 0 Å². The van der Waals surface area contributed by atoms with E-state index in [-0.39, 0.29) is 18.0 Å². The van der Waals surface area contributed by atoms with E-state index in [0.29, 0.717) is 17.1 Å². The lowest BCUT2D eigenvalue weighted by molar-refractivity contribution is -0.384. The Morgan fingerprint density at radius 3 is 2.24 bits per heavy atom. The number of hydrogen-bond donors (Lipinski definition) is 1. The van der Waals surface area contributed by atoms with Crippen molar-refractivity contribution in [2.45, 2.75) is 6.42 Å². The van der Waals surface area contributed by atoms with E-state index in [4.69, 9.17) is 0 Å². The molecule has 124 valence electrons. The van der Waals surface area contributed by atoms with Gasteiger partial charge in [0.1, 0.15) is 0 Å². The van der Waals surface area contributed by atoms with Crippen LogP contribution in [0.25, 0.3) is 11.4 Å². The summed E-state index contributed by atoms with van der Waals surface area (Å²) in [7, 11) is 0. The van der Waals surface area contributed by atoms with E-state index in [1.807, 2.05) is 30.3 Å². The Kier molecular flexibility index (Phi) is 4.75. The van der Waals surface area contributed by atoms with Crippen LogP contribution in [0.5, 0.6) is 0 Å². The van der Waals surface area contributed by atoms with Gasteiger partial charge in [-0.2, -0.15) is 0 Å². The number of aromatic nitrogens is 2. The topological polar surface area (TPSA) is 98.0 Å². The predicted octanol–water partition coefficient (Wildman–Crippen LogP) is 3.23. The number of anilines is 1. The fourth-order valence-electron chi connectivity index (χ4n) is 2.25. The average molecular weight is 334 g/mol. The van der Waals surface area contributed by atoms with Crippen molar-refractivity contribution < 1.29 is 9.72 Å². The number of carbonyl (C=O) groups excluding carboxylic acids is 1. The van der Waals surface area contributed by atoms with Gasteiger partial charge in [0.2, 0.25) is 5.91 Å². The van der Waals surface area contributed by atoms with E-state index < -0.39 is 4.92 Å². The SMILES string of the molecule is O=C(Cc1ccc([N+](=O)[O-])cc1)Nc1cnc(-c2ccccc2)nc1. The molecule has 0 radical (unpaired) electrons. The molecule has 0 unspecified atom stereocenters.